The van der Waals surface area contributed by atoms with Gasteiger partial charge in [0.2, 0.25) is 0 Å². The van der Waals surface area contributed by atoms with E-state index in [0.717, 1.165) is 10.0 Å². The minimum Gasteiger partial charge on any atom is -0.456 e. The molecule has 0 aliphatic rings. The van der Waals surface area contributed by atoms with E-state index in [0.29, 0.717) is 16.0 Å². The van der Waals surface area contributed by atoms with Gasteiger partial charge in [0.05, 0.1) is 15.6 Å². The van der Waals surface area contributed by atoms with E-state index in [1.165, 1.54) is 12.1 Å². The van der Waals surface area contributed by atoms with Gasteiger partial charge in [-0.1, -0.05) is 33.6 Å². The van der Waals surface area contributed by atoms with E-state index in [4.69, 9.17) is 16.3 Å². The van der Waals surface area contributed by atoms with E-state index in [2.05, 4.69) is 31.9 Å². The van der Waals surface area contributed by atoms with Crippen LogP contribution in [0.2, 0.25) is 5.02 Å². The fraction of sp³-hybridized carbons (Fsp3) is 0.143. The zero-order valence-electron chi connectivity index (χ0n) is 10.3. The first-order valence-electron chi connectivity index (χ1n) is 5.68. The Bertz CT molecular complexity index is 647. The quantitative estimate of drug-likeness (QED) is 0.627. The van der Waals surface area contributed by atoms with Crippen molar-refractivity contribution in [2.75, 3.05) is 0 Å². The summed E-state index contributed by atoms with van der Waals surface area (Å²) < 4.78 is 20.3. The molecule has 1 atom stereocenters. The van der Waals surface area contributed by atoms with E-state index in [1.807, 2.05) is 0 Å². The van der Waals surface area contributed by atoms with Gasteiger partial charge in [0.15, 0.2) is 0 Å². The monoisotopic (exact) mass is 422 g/mol. The zero-order chi connectivity index (χ0) is 14.9. The number of benzene rings is 2. The van der Waals surface area contributed by atoms with E-state index < -0.39 is 11.9 Å². The Morgan fingerprint density at radius 2 is 1.90 bits per heavy atom. The molecule has 0 spiro atoms. The Morgan fingerprint density at radius 1 is 1.20 bits per heavy atom. The third-order valence-corrected chi connectivity index (χ3v) is 4.22. The number of hydrogen-bond acceptors (Lipinski definition) is 2. The maximum absolute atomic E-state index is 13.4. The van der Waals surface area contributed by atoms with Crippen molar-refractivity contribution in [3.63, 3.8) is 0 Å². The fourth-order valence-electron chi connectivity index (χ4n) is 1.62. The highest BCUT2D eigenvalue weighted by molar-refractivity contribution is 9.10. The second kappa shape index (κ2) is 6.43. The van der Waals surface area contributed by atoms with Crippen LogP contribution in [0.1, 0.15) is 18.6 Å². The van der Waals surface area contributed by atoms with Gasteiger partial charge in [0.1, 0.15) is 17.3 Å². The van der Waals surface area contributed by atoms with Crippen molar-refractivity contribution in [3.8, 4) is 11.5 Å². The molecule has 0 saturated heterocycles. The highest BCUT2D eigenvalue weighted by atomic mass is 79.9. The van der Waals surface area contributed by atoms with E-state index in [-0.39, 0.29) is 5.02 Å². The van der Waals surface area contributed by atoms with Crippen molar-refractivity contribution in [1.82, 2.24) is 0 Å². The van der Waals surface area contributed by atoms with Crippen molar-refractivity contribution in [2.24, 2.45) is 0 Å². The van der Waals surface area contributed by atoms with Crippen molar-refractivity contribution < 1.29 is 14.2 Å². The largest absolute Gasteiger partial charge is 0.456 e. The third-order valence-electron chi connectivity index (χ3n) is 2.62. The molecule has 0 fully saturated rings. The summed E-state index contributed by atoms with van der Waals surface area (Å²) in [5.74, 6) is 0.289. The Kier molecular flexibility index (Phi) is 5.07. The summed E-state index contributed by atoms with van der Waals surface area (Å²) in [5, 5.41) is 9.58. The summed E-state index contributed by atoms with van der Waals surface area (Å²) in [4.78, 5) is 0. The summed E-state index contributed by atoms with van der Waals surface area (Å²) in [5.41, 5.74) is 0.749. The fourth-order valence-corrected chi connectivity index (χ4v) is 3.03. The van der Waals surface area contributed by atoms with Gasteiger partial charge in [-0.15, -0.1) is 0 Å². The van der Waals surface area contributed by atoms with Gasteiger partial charge in [0.25, 0.3) is 0 Å². The highest BCUT2D eigenvalue weighted by Crippen LogP contribution is 2.35. The number of halogens is 4. The average Bonchev–Trinajstić information content (AvgIpc) is 2.35. The molecule has 0 aliphatic heterocycles. The van der Waals surface area contributed by atoms with E-state index >= 15 is 0 Å². The molecule has 2 aromatic rings. The lowest BCUT2D eigenvalue weighted by molar-refractivity contribution is 0.198. The van der Waals surface area contributed by atoms with Crippen LogP contribution in [0, 0.1) is 5.82 Å². The Labute approximate surface area is 137 Å². The minimum atomic E-state index is -0.585. The first kappa shape index (κ1) is 15.8. The molecular weight excluding hydrogens is 414 g/mol. The first-order valence-corrected chi connectivity index (χ1v) is 7.65. The van der Waals surface area contributed by atoms with Crippen LogP contribution < -0.4 is 4.74 Å². The lowest BCUT2D eigenvalue weighted by Crippen LogP contribution is -1.94. The molecule has 0 radical (unpaired) electrons. The van der Waals surface area contributed by atoms with Crippen molar-refractivity contribution in [1.29, 1.82) is 0 Å². The lowest BCUT2D eigenvalue weighted by Gasteiger charge is -2.12. The average molecular weight is 424 g/mol. The standard InChI is InChI=1S/C14H10Br2ClFO2/c1-7(19)9-3-2-8(4-10(9)15)20-14-6-13(18)12(17)5-11(14)16/h2-7,19H,1H3/t7-/m0/s1. The normalized spacial score (nSPS) is 12.3. The van der Waals surface area contributed by atoms with Gasteiger partial charge in [-0.05, 0) is 46.6 Å². The van der Waals surface area contributed by atoms with Gasteiger partial charge < -0.3 is 9.84 Å². The molecule has 0 saturated carbocycles. The SMILES string of the molecule is C[C@H](O)c1ccc(Oc2cc(F)c(Cl)cc2Br)cc1Br. The van der Waals surface area contributed by atoms with Crippen LogP contribution in [0.25, 0.3) is 0 Å². The number of aliphatic hydroxyl groups excluding tert-OH is 1. The van der Waals surface area contributed by atoms with Crippen LogP contribution >= 0.6 is 43.5 Å². The molecule has 6 heteroatoms. The van der Waals surface area contributed by atoms with Crippen LogP contribution in [0.5, 0.6) is 11.5 Å². The van der Waals surface area contributed by atoms with Crippen LogP contribution in [0.15, 0.2) is 39.3 Å². The second-order valence-corrected chi connectivity index (χ2v) is 6.27. The van der Waals surface area contributed by atoms with Crippen LogP contribution in [-0.4, -0.2) is 5.11 Å². The number of aliphatic hydroxyl groups is 1. The smallest absolute Gasteiger partial charge is 0.145 e. The predicted molar refractivity (Wildman–Crippen MR) is 84.0 cm³/mol. The molecule has 2 nitrogen and oxygen atoms in total. The van der Waals surface area contributed by atoms with Crippen molar-refractivity contribution in [3.05, 3.63) is 55.7 Å². The summed E-state index contributed by atoms with van der Waals surface area (Å²) in [6, 6.07) is 7.80. The Hall–Kier alpha value is -0.620. The number of ether oxygens (including phenoxy) is 1. The molecule has 20 heavy (non-hydrogen) atoms. The Balaban J connectivity index is 2.31. The van der Waals surface area contributed by atoms with Crippen molar-refractivity contribution >= 4 is 43.5 Å². The Morgan fingerprint density at radius 3 is 2.50 bits per heavy atom. The molecule has 2 rings (SSSR count). The number of hydrogen-bond donors (Lipinski definition) is 1. The highest BCUT2D eigenvalue weighted by Gasteiger charge is 2.11. The molecule has 0 aromatic heterocycles. The van der Waals surface area contributed by atoms with Crippen LogP contribution in [-0.2, 0) is 0 Å². The third kappa shape index (κ3) is 3.52. The van der Waals surface area contributed by atoms with Crippen molar-refractivity contribution in [2.45, 2.75) is 13.0 Å². The molecular formula is C14H10Br2ClFO2. The maximum Gasteiger partial charge on any atom is 0.145 e. The summed E-state index contributed by atoms with van der Waals surface area (Å²) >= 11 is 12.3. The molecule has 106 valence electrons. The predicted octanol–water partition coefficient (Wildman–Crippen LogP) is 5.85. The minimum absolute atomic E-state index is 0.0230. The molecule has 0 unspecified atom stereocenters. The van der Waals surface area contributed by atoms with E-state index in [9.17, 15) is 9.50 Å². The summed E-state index contributed by atoms with van der Waals surface area (Å²) in [6.07, 6.45) is -0.585. The van der Waals surface area contributed by atoms with Crippen LogP contribution in [0.4, 0.5) is 4.39 Å². The molecule has 0 aliphatic carbocycles. The van der Waals surface area contributed by atoms with Gasteiger partial charge in [-0.2, -0.15) is 0 Å². The maximum atomic E-state index is 13.4. The molecule has 1 N–H and O–H groups in total. The topological polar surface area (TPSA) is 29.5 Å². The molecule has 0 amide bonds. The molecule has 0 bridgehead atoms. The first-order chi connectivity index (χ1) is 9.38. The summed E-state index contributed by atoms with van der Waals surface area (Å²) in [6.45, 7) is 1.67. The molecule has 0 heterocycles. The van der Waals surface area contributed by atoms with Gasteiger partial charge in [0, 0.05) is 10.5 Å². The van der Waals surface area contributed by atoms with Gasteiger partial charge in [-0.25, -0.2) is 4.39 Å². The lowest BCUT2D eigenvalue weighted by atomic mass is 10.1. The van der Waals surface area contributed by atoms with Gasteiger partial charge in [-0.3, -0.25) is 0 Å². The molecule has 2 aromatic carbocycles. The van der Waals surface area contributed by atoms with E-state index in [1.54, 1.807) is 25.1 Å². The van der Waals surface area contributed by atoms with Crippen LogP contribution in [0.3, 0.4) is 0 Å². The second-order valence-electron chi connectivity index (χ2n) is 4.16. The van der Waals surface area contributed by atoms with Gasteiger partial charge >= 0.3 is 0 Å². The zero-order valence-corrected chi connectivity index (χ0v) is 14.3. The number of rotatable bonds is 3. The summed E-state index contributed by atoms with van der Waals surface area (Å²) in [7, 11) is 0.